The molecule has 0 saturated carbocycles. The predicted octanol–water partition coefficient (Wildman–Crippen LogP) is 0.749. The molecule has 104 valence electrons. The third-order valence-corrected chi connectivity index (χ3v) is 3.15. The molecule has 1 unspecified atom stereocenters. The minimum absolute atomic E-state index is 0.234. The highest BCUT2D eigenvalue weighted by Crippen LogP contribution is 2.24. The van der Waals surface area contributed by atoms with Crippen LogP contribution in [0.15, 0.2) is 6.20 Å². The first kappa shape index (κ1) is 13.5. The van der Waals surface area contributed by atoms with Crippen molar-refractivity contribution in [3.8, 4) is 0 Å². The maximum Gasteiger partial charge on any atom is 0.224 e. The van der Waals surface area contributed by atoms with Crippen molar-refractivity contribution in [1.29, 1.82) is 0 Å². The second kappa shape index (κ2) is 5.81. The molecule has 1 aromatic rings. The Hall–Kier alpha value is -1.92. The number of anilines is 2. The molecule has 0 radical (unpaired) electrons. The van der Waals surface area contributed by atoms with Crippen LogP contribution in [0.4, 0.5) is 16.2 Å². The zero-order chi connectivity index (χ0) is 13.8. The number of aromatic nitrogens is 2. The van der Waals surface area contributed by atoms with Gasteiger partial charge in [-0.3, -0.25) is 4.79 Å². The zero-order valence-corrected chi connectivity index (χ0v) is 10.9. The van der Waals surface area contributed by atoms with E-state index in [1.807, 2.05) is 6.92 Å². The Morgan fingerprint density at radius 3 is 3.11 bits per heavy atom. The van der Waals surface area contributed by atoms with Gasteiger partial charge in [0, 0.05) is 19.6 Å². The van der Waals surface area contributed by atoms with E-state index in [0.29, 0.717) is 25.5 Å². The predicted molar refractivity (Wildman–Crippen MR) is 70.3 cm³/mol. The van der Waals surface area contributed by atoms with Gasteiger partial charge in [0.15, 0.2) is 11.6 Å². The monoisotopic (exact) mass is 267 g/mol. The number of nitrogens with zero attached hydrogens (tertiary/aromatic N) is 3. The van der Waals surface area contributed by atoms with Crippen LogP contribution in [-0.4, -0.2) is 35.5 Å². The molecule has 2 heterocycles. The van der Waals surface area contributed by atoms with Gasteiger partial charge in [0.1, 0.15) is 0 Å². The van der Waals surface area contributed by atoms with E-state index in [1.54, 1.807) is 4.90 Å². The fourth-order valence-corrected chi connectivity index (χ4v) is 2.09. The van der Waals surface area contributed by atoms with Crippen LogP contribution in [0.25, 0.3) is 0 Å². The number of amides is 1. The Bertz CT molecular complexity index is 467. The van der Waals surface area contributed by atoms with E-state index < -0.39 is 5.82 Å². The van der Waals surface area contributed by atoms with Gasteiger partial charge in [0.25, 0.3) is 0 Å². The average Bonchev–Trinajstić information content (AvgIpc) is 2.87. The average molecular weight is 267 g/mol. The lowest BCUT2D eigenvalue weighted by atomic mass is 10.1. The number of nitrogens with one attached hydrogen (secondary N) is 1. The maximum absolute atomic E-state index is 13.8. The molecule has 0 aromatic carbocycles. The van der Waals surface area contributed by atoms with Crippen LogP contribution in [0.2, 0.25) is 0 Å². The van der Waals surface area contributed by atoms with E-state index in [9.17, 15) is 9.18 Å². The Morgan fingerprint density at radius 1 is 1.68 bits per heavy atom. The normalized spacial score (nSPS) is 18.6. The molecule has 19 heavy (non-hydrogen) atoms. The highest BCUT2D eigenvalue weighted by Gasteiger charge is 2.29. The Labute approximate surface area is 111 Å². The molecule has 1 saturated heterocycles. The molecule has 1 fully saturated rings. The van der Waals surface area contributed by atoms with Crippen LogP contribution in [0, 0.1) is 11.7 Å². The quantitative estimate of drug-likeness (QED) is 0.822. The summed E-state index contributed by atoms with van der Waals surface area (Å²) in [6.07, 6.45) is 2.72. The number of rotatable bonds is 5. The molecule has 2 rings (SSSR count). The van der Waals surface area contributed by atoms with Gasteiger partial charge in [-0.25, -0.2) is 9.37 Å². The van der Waals surface area contributed by atoms with Gasteiger partial charge in [-0.1, -0.05) is 6.92 Å². The highest BCUT2D eigenvalue weighted by molar-refractivity contribution is 5.78. The Kier molecular flexibility index (Phi) is 4.13. The van der Waals surface area contributed by atoms with Crippen LogP contribution < -0.4 is 16.0 Å². The summed E-state index contributed by atoms with van der Waals surface area (Å²) in [4.78, 5) is 20.9. The largest absolute Gasteiger partial charge is 0.369 e. The fraction of sp³-hybridized carbons (Fsp3) is 0.583. The lowest BCUT2D eigenvalue weighted by Crippen LogP contribution is -2.28. The maximum atomic E-state index is 13.8. The number of hydrogen-bond donors (Lipinski definition) is 2. The van der Waals surface area contributed by atoms with Gasteiger partial charge in [0.05, 0.1) is 12.1 Å². The van der Waals surface area contributed by atoms with E-state index in [-0.39, 0.29) is 17.6 Å². The summed E-state index contributed by atoms with van der Waals surface area (Å²) in [7, 11) is 0. The number of halogens is 1. The third-order valence-electron chi connectivity index (χ3n) is 3.15. The first-order chi connectivity index (χ1) is 9.11. The lowest BCUT2D eigenvalue weighted by molar-refractivity contribution is -0.121. The number of carbonyl (C=O) groups is 1. The summed E-state index contributed by atoms with van der Waals surface area (Å²) in [5.41, 5.74) is 5.27. The first-order valence-electron chi connectivity index (χ1n) is 6.42. The van der Waals surface area contributed by atoms with Gasteiger partial charge in [-0.2, -0.15) is 4.98 Å². The van der Waals surface area contributed by atoms with Gasteiger partial charge in [-0.05, 0) is 12.8 Å². The molecule has 7 heteroatoms. The van der Waals surface area contributed by atoms with Crippen LogP contribution in [0.3, 0.4) is 0 Å². The first-order valence-corrected chi connectivity index (χ1v) is 6.42. The highest BCUT2D eigenvalue weighted by atomic mass is 19.1. The van der Waals surface area contributed by atoms with E-state index in [4.69, 9.17) is 5.73 Å². The molecule has 1 amide bonds. The van der Waals surface area contributed by atoms with Crippen molar-refractivity contribution in [2.24, 2.45) is 11.7 Å². The second-order valence-electron chi connectivity index (χ2n) is 4.63. The van der Waals surface area contributed by atoms with E-state index in [0.717, 1.165) is 19.2 Å². The molecule has 0 spiro atoms. The van der Waals surface area contributed by atoms with Crippen molar-refractivity contribution in [1.82, 2.24) is 9.97 Å². The van der Waals surface area contributed by atoms with Crippen molar-refractivity contribution in [3.63, 3.8) is 0 Å². The van der Waals surface area contributed by atoms with Gasteiger partial charge < -0.3 is 16.0 Å². The van der Waals surface area contributed by atoms with Gasteiger partial charge >= 0.3 is 0 Å². The van der Waals surface area contributed by atoms with Gasteiger partial charge in [0.2, 0.25) is 11.9 Å². The summed E-state index contributed by atoms with van der Waals surface area (Å²) in [5.74, 6) is -0.423. The molecule has 0 aliphatic carbocycles. The Balaban J connectivity index is 2.13. The molecule has 0 bridgehead atoms. The van der Waals surface area contributed by atoms with Gasteiger partial charge in [-0.15, -0.1) is 0 Å². The van der Waals surface area contributed by atoms with E-state index >= 15 is 0 Å². The van der Waals surface area contributed by atoms with Crippen LogP contribution >= 0.6 is 0 Å². The molecule has 1 aliphatic rings. The summed E-state index contributed by atoms with van der Waals surface area (Å²) in [5, 5.41) is 3.01. The van der Waals surface area contributed by atoms with Crippen LogP contribution in [-0.2, 0) is 4.79 Å². The lowest BCUT2D eigenvalue weighted by Gasteiger charge is -2.18. The SMILES string of the molecule is CCCNc1ncc(F)c(N2CCC(C(N)=O)C2)n1. The van der Waals surface area contributed by atoms with Crippen LogP contribution in [0.5, 0.6) is 0 Å². The molecule has 1 aliphatic heterocycles. The standard InChI is InChI=1S/C12H18FN5O/c1-2-4-15-12-16-6-9(13)11(17-12)18-5-3-8(7-18)10(14)19/h6,8H,2-5,7H2,1H3,(H2,14,19)(H,15,16,17). The van der Waals surface area contributed by atoms with E-state index in [1.165, 1.54) is 0 Å². The number of primary amides is 1. The summed E-state index contributed by atoms with van der Waals surface area (Å²) < 4.78 is 13.8. The molecule has 1 atom stereocenters. The van der Waals surface area contributed by atoms with E-state index in [2.05, 4.69) is 15.3 Å². The topological polar surface area (TPSA) is 84.1 Å². The Morgan fingerprint density at radius 2 is 2.47 bits per heavy atom. The van der Waals surface area contributed by atoms with Crippen molar-refractivity contribution < 1.29 is 9.18 Å². The molecular formula is C12H18FN5O. The number of carbonyl (C=O) groups excluding carboxylic acids is 1. The van der Waals surface area contributed by atoms with Crippen LogP contribution in [0.1, 0.15) is 19.8 Å². The summed E-state index contributed by atoms with van der Waals surface area (Å²) >= 11 is 0. The number of hydrogen-bond acceptors (Lipinski definition) is 5. The summed E-state index contributed by atoms with van der Waals surface area (Å²) in [6, 6.07) is 0. The minimum Gasteiger partial charge on any atom is -0.369 e. The fourth-order valence-electron chi connectivity index (χ4n) is 2.09. The summed E-state index contributed by atoms with van der Waals surface area (Å²) in [6.45, 7) is 3.75. The molecule has 6 nitrogen and oxygen atoms in total. The van der Waals surface area contributed by atoms with Crippen molar-refractivity contribution in [2.75, 3.05) is 29.9 Å². The smallest absolute Gasteiger partial charge is 0.224 e. The molecule has 3 N–H and O–H groups in total. The van der Waals surface area contributed by atoms with Crippen molar-refractivity contribution >= 4 is 17.7 Å². The van der Waals surface area contributed by atoms with Crippen molar-refractivity contribution in [2.45, 2.75) is 19.8 Å². The van der Waals surface area contributed by atoms with Crippen molar-refractivity contribution in [3.05, 3.63) is 12.0 Å². The molecule has 1 aromatic heterocycles. The second-order valence-corrected chi connectivity index (χ2v) is 4.63. The zero-order valence-electron chi connectivity index (χ0n) is 10.9. The third kappa shape index (κ3) is 3.10. The number of nitrogens with two attached hydrogens (primary N) is 1. The molecular weight excluding hydrogens is 249 g/mol. The minimum atomic E-state index is -0.479.